The van der Waals surface area contributed by atoms with Crippen LogP contribution in [-0.4, -0.2) is 23.9 Å². The molecule has 2 heteroatoms. The van der Waals surface area contributed by atoms with E-state index in [1.54, 1.807) is 0 Å². The van der Waals surface area contributed by atoms with Crippen LogP contribution in [0.5, 0.6) is 0 Å². The lowest BCUT2D eigenvalue weighted by Crippen LogP contribution is -2.18. The third-order valence-electron chi connectivity index (χ3n) is 2.91. The molecule has 0 amide bonds. The smallest absolute Gasteiger partial charge is 0.0597 e. The van der Waals surface area contributed by atoms with E-state index >= 15 is 0 Å². The van der Waals surface area contributed by atoms with Crippen LogP contribution in [0.3, 0.4) is 0 Å². The van der Waals surface area contributed by atoms with Gasteiger partial charge in [-0.3, -0.25) is 0 Å². The Hall–Kier alpha value is -0.0800. The van der Waals surface area contributed by atoms with Crippen LogP contribution >= 0.6 is 0 Å². The molecule has 0 rings (SSSR count). The zero-order valence-corrected chi connectivity index (χ0v) is 11.4. The number of ether oxygens (including phenoxy) is 1. The molecule has 0 saturated heterocycles. The molecule has 2 nitrogen and oxygen atoms in total. The summed E-state index contributed by atoms with van der Waals surface area (Å²) in [4.78, 5) is 0. The summed E-state index contributed by atoms with van der Waals surface area (Å²) in [5, 5.41) is 9.27. The van der Waals surface area contributed by atoms with Gasteiger partial charge in [0, 0.05) is 6.61 Å². The third-order valence-corrected chi connectivity index (χ3v) is 2.91. The Morgan fingerprint density at radius 3 is 2.19 bits per heavy atom. The first kappa shape index (κ1) is 15.9. The molecule has 0 saturated carbocycles. The molecular weight excluding hydrogens is 200 g/mol. The summed E-state index contributed by atoms with van der Waals surface area (Å²) in [5.74, 6) is 0. The van der Waals surface area contributed by atoms with E-state index in [1.165, 1.54) is 38.5 Å². The van der Waals surface area contributed by atoms with Gasteiger partial charge in [-0.2, -0.15) is 0 Å². The first-order chi connectivity index (χ1) is 7.70. The van der Waals surface area contributed by atoms with Crippen molar-refractivity contribution >= 4 is 0 Å². The second-order valence-corrected chi connectivity index (χ2v) is 4.75. The van der Waals surface area contributed by atoms with Gasteiger partial charge in [0.2, 0.25) is 0 Å². The van der Waals surface area contributed by atoms with Crippen molar-refractivity contribution < 1.29 is 9.84 Å². The van der Waals surface area contributed by atoms with E-state index in [-0.39, 0.29) is 12.2 Å². The van der Waals surface area contributed by atoms with Crippen molar-refractivity contribution in [1.82, 2.24) is 0 Å². The summed E-state index contributed by atoms with van der Waals surface area (Å²) < 4.78 is 5.75. The predicted molar refractivity (Wildman–Crippen MR) is 69.7 cm³/mol. The summed E-state index contributed by atoms with van der Waals surface area (Å²) in [6.45, 7) is 7.05. The van der Waals surface area contributed by atoms with Gasteiger partial charge in [0.25, 0.3) is 0 Å². The van der Waals surface area contributed by atoms with Crippen molar-refractivity contribution in [2.75, 3.05) is 6.61 Å². The molecule has 0 aromatic rings. The maximum atomic E-state index is 9.27. The maximum absolute atomic E-state index is 9.27. The average Bonchev–Trinajstić information content (AvgIpc) is 2.25. The van der Waals surface area contributed by atoms with Crippen LogP contribution in [-0.2, 0) is 4.74 Å². The van der Waals surface area contributed by atoms with Gasteiger partial charge < -0.3 is 9.84 Å². The van der Waals surface area contributed by atoms with Crippen molar-refractivity contribution in [2.45, 2.75) is 84.3 Å². The Morgan fingerprint density at radius 1 is 1.00 bits per heavy atom. The van der Waals surface area contributed by atoms with Crippen LogP contribution in [0.2, 0.25) is 0 Å². The predicted octanol–water partition coefficient (Wildman–Crippen LogP) is 3.91. The SMILES string of the molecule is CCCCCCCCOC(CC)CC(C)O. The molecule has 0 bridgehead atoms. The topological polar surface area (TPSA) is 29.5 Å². The summed E-state index contributed by atoms with van der Waals surface area (Å²) in [5.41, 5.74) is 0. The molecule has 0 heterocycles. The lowest BCUT2D eigenvalue weighted by molar-refractivity contribution is 0.0142. The quantitative estimate of drug-likeness (QED) is 0.545. The summed E-state index contributed by atoms with van der Waals surface area (Å²) >= 11 is 0. The number of hydrogen-bond donors (Lipinski definition) is 1. The fourth-order valence-electron chi connectivity index (χ4n) is 1.87. The van der Waals surface area contributed by atoms with Gasteiger partial charge in [-0.15, -0.1) is 0 Å². The molecule has 0 aromatic heterocycles. The van der Waals surface area contributed by atoms with Crippen molar-refractivity contribution in [2.24, 2.45) is 0 Å². The normalized spacial score (nSPS) is 15.0. The summed E-state index contributed by atoms with van der Waals surface area (Å²) in [6.07, 6.45) is 9.60. The third kappa shape index (κ3) is 10.4. The summed E-state index contributed by atoms with van der Waals surface area (Å²) in [7, 11) is 0. The van der Waals surface area contributed by atoms with Crippen molar-refractivity contribution in [1.29, 1.82) is 0 Å². The van der Waals surface area contributed by atoms with Crippen LogP contribution in [0.15, 0.2) is 0 Å². The molecule has 0 radical (unpaired) electrons. The van der Waals surface area contributed by atoms with E-state index in [4.69, 9.17) is 4.74 Å². The maximum Gasteiger partial charge on any atom is 0.0597 e. The first-order valence-electron chi connectivity index (χ1n) is 7.00. The van der Waals surface area contributed by atoms with Crippen molar-refractivity contribution in [3.05, 3.63) is 0 Å². The fraction of sp³-hybridized carbons (Fsp3) is 1.00. The van der Waals surface area contributed by atoms with Crippen LogP contribution in [0.1, 0.15) is 72.1 Å². The molecule has 0 aliphatic carbocycles. The molecular formula is C14H30O2. The van der Waals surface area contributed by atoms with Gasteiger partial charge in [-0.05, 0) is 26.2 Å². The molecule has 1 N–H and O–H groups in total. The second-order valence-electron chi connectivity index (χ2n) is 4.75. The monoisotopic (exact) mass is 230 g/mol. The minimum Gasteiger partial charge on any atom is -0.393 e. The van der Waals surface area contributed by atoms with E-state index in [0.29, 0.717) is 0 Å². The van der Waals surface area contributed by atoms with Gasteiger partial charge in [-0.25, -0.2) is 0 Å². The molecule has 2 unspecified atom stereocenters. The minimum absolute atomic E-state index is 0.241. The Bertz CT molecular complexity index is 135. The van der Waals surface area contributed by atoms with Gasteiger partial charge in [0.1, 0.15) is 0 Å². The minimum atomic E-state index is -0.241. The number of unbranched alkanes of at least 4 members (excludes halogenated alkanes) is 5. The fourth-order valence-corrected chi connectivity index (χ4v) is 1.87. The van der Waals surface area contributed by atoms with Crippen molar-refractivity contribution in [3.63, 3.8) is 0 Å². The summed E-state index contributed by atoms with van der Waals surface area (Å²) in [6, 6.07) is 0. The Labute approximate surface area is 101 Å². The van der Waals surface area contributed by atoms with E-state index in [9.17, 15) is 5.11 Å². The molecule has 0 fully saturated rings. The number of rotatable bonds is 11. The zero-order valence-electron chi connectivity index (χ0n) is 11.4. The Morgan fingerprint density at radius 2 is 1.62 bits per heavy atom. The molecule has 0 spiro atoms. The Kier molecular flexibility index (Phi) is 11.3. The van der Waals surface area contributed by atoms with E-state index in [2.05, 4.69) is 13.8 Å². The van der Waals surface area contributed by atoms with Crippen LogP contribution in [0.4, 0.5) is 0 Å². The zero-order chi connectivity index (χ0) is 12.2. The van der Waals surface area contributed by atoms with Gasteiger partial charge >= 0.3 is 0 Å². The van der Waals surface area contributed by atoms with E-state index in [0.717, 1.165) is 19.4 Å². The molecule has 0 aromatic carbocycles. The number of aliphatic hydroxyl groups is 1. The molecule has 2 atom stereocenters. The number of hydrogen-bond acceptors (Lipinski definition) is 2. The Balaban J connectivity index is 3.27. The van der Waals surface area contributed by atoms with E-state index in [1.807, 2.05) is 6.92 Å². The molecule has 0 aliphatic heterocycles. The molecule has 98 valence electrons. The largest absolute Gasteiger partial charge is 0.393 e. The highest BCUT2D eigenvalue weighted by Gasteiger charge is 2.09. The highest BCUT2D eigenvalue weighted by molar-refractivity contribution is 4.59. The van der Waals surface area contributed by atoms with Crippen LogP contribution < -0.4 is 0 Å². The highest BCUT2D eigenvalue weighted by atomic mass is 16.5. The van der Waals surface area contributed by atoms with Gasteiger partial charge in [-0.1, -0.05) is 46.0 Å². The molecule has 16 heavy (non-hydrogen) atoms. The van der Waals surface area contributed by atoms with Gasteiger partial charge in [0.05, 0.1) is 12.2 Å². The molecule has 0 aliphatic rings. The second kappa shape index (κ2) is 11.4. The number of aliphatic hydroxyl groups excluding tert-OH is 1. The van der Waals surface area contributed by atoms with Crippen molar-refractivity contribution in [3.8, 4) is 0 Å². The first-order valence-corrected chi connectivity index (χ1v) is 7.00. The highest BCUT2D eigenvalue weighted by Crippen LogP contribution is 2.09. The van der Waals surface area contributed by atoms with Crippen LogP contribution in [0.25, 0.3) is 0 Å². The van der Waals surface area contributed by atoms with E-state index < -0.39 is 0 Å². The standard InChI is InChI=1S/C14H30O2/c1-4-6-7-8-9-10-11-16-14(5-2)12-13(3)15/h13-15H,4-12H2,1-3H3. The van der Waals surface area contributed by atoms with Crippen LogP contribution in [0, 0.1) is 0 Å². The average molecular weight is 230 g/mol. The lowest BCUT2D eigenvalue weighted by atomic mass is 10.1. The lowest BCUT2D eigenvalue weighted by Gasteiger charge is -2.17. The van der Waals surface area contributed by atoms with Gasteiger partial charge in [0.15, 0.2) is 0 Å².